The number of carbonyl (C=O) groups excluding carboxylic acids is 1. The molecule has 1 saturated heterocycles. The number of aromatic nitrogens is 2. The molecule has 2 N–H and O–H groups in total. The van der Waals surface area contributed by atoms with Crippen LogP contribution in [-0.2, 0) is 6.54 Å². The van der Waals surface area contributed by atoms with Crippen LogP contribution in [0.25, 0.3) is 5.69 Å². The van der Waals surface area contributed by atoms with E-state index in [4.69, 9.17) is 23.2 Å². The smallest absolute Gasteiger partial charge is 0.255 e. The molecule has 1 aliphatic rings. The lowest BCUT2D eigenvalue weighted by atomic mass is 9.91. The molecule has 0 atom stereocenters. The van der Waals surface area contributed by atoms with Crippen molar-refractivity contribution >= 4 is 41.5 Å². The van der Waals surface area contributed by atoms with Gasteiger partial charge in [-0.3, -0.25) is 4.79 Å². The second kappa shape index (κ2) is 10.5. The van der Waals surface area contributed by atoms with E-state index >= 15 is 0 Å². The Hall–Kier alpha value is -2.05. The number of amides is 1. The number of piperidine rings is 1. The Balaban J connectivity index is 0.00000272. The number of nitrogens with zero attached hydrogens (tertiary/aromatic N) is 2. The number of nitrogens with one attached hydrogen (secondary N) is 2. The van der Waals surface area contributed by atoms with Gasteiger partial charge in [0.15, 0.2) is 0 Å². The molecule has 31 heavy (non-hydrogen) atoms. The molecular formula is C23H25Cl3N4O. The summed E-state index contributed by atoms with van der Waals surface area (Å²) in [5, 5.41) is 12.3. The first-order valence-corrected chi connectivity index (χ1v) is 10.9. The van der Waals surface area contributed by atoms with Gasteiger partial charge in [0.2, 0.25) is 0 Å². The van der Waals surface area contributed by atoms with E-state index in [1.165, 1.54) is 0 Å². The Kier molecular flexibility index (Phi) is 8.00. The predicted octanol–water partition coefficient (Wildman–Crippen LogP) is 5.31. The Morgan fingerprint density at radius 2 is 1.84 bits per heavy atom. The van der Waals surface area contributed by atoms with Gasteiger partial charge < -0.3 is 10.6 Å². The Bertz CT molecular complexity index is 1060. The molecule has 1 amide bonds. The summed E-state index contributed by atoms with van der Waals surface area (Å²) in [6, 6.07) is 13.3. The van der Waals surface area contributed by atoms with Crippen molar-refractivity contribution in [2.45, 2.75) is 32.2 Å². The molecule has 164 valence electrons. The summed E-state index contributed by atoms with van der Waals surface area (Å²) in [6.07, 6.45) is 3.58. The number of carbonyl (C=O) groups is 1. The number of hydrogen-bond acceptors (Lipinski definition) is 3. The lowest BCUT2D eigenvalue weighted by Gasteiger charge is -2.25. The van der Waals surface area contributed by atoms with Gasteiger partial charge in [-0.1, -0.05) is 47.5 Å². The van der Waals surface area contributed by atoms with Gasteiger partial charge in [-0.15, -0.1) is 12.4 Å². The minimum Gasteiger partial charge on any atom is -0.348 e. The summed E-state index contributed by atoms with van der Waals surface area (Å²) >= 11 is 12.6. The normalized spacial score (nSPS) is 14.2. The molecule has 4 rings (SSSR count). The minimum atomic E-state index is -0.144. The molecule has 0 aliphatic carbocycles. The second-order valence-corrected chi connectivity index (χ2v) is 8.35. The van der Waals surface area contributed by atoms with E-state index in [-0.39, 0.29) is 24.2 Å². The number of hydrogen-bond donors (Lipinski definition) is 2. The largest absolute Gasteiger partial charge is 0.348 e. The van der Waals surface area contributed by atoms with E-state index in [9.17, 15) is 4.79 Å². The first-order valence-electron chi connectivity index (χ1n) is 10.1. The molecule has 8 heteroatoms. The summed E-state index contributed by atoms with van der Waals surface area (Å²) in [7, 11) is 0. The van der Waals surface area contributed by atoms with Gasteiger partial charge in [-0.05, 0) is 62.2 Å². The van der Waals surface area contributed by atoms with Crippen LogP contribution in [0.3, 0.4) is 0 Å². The van der Waals surface area contributed by atoms with E-state index in [2.05, 4.69) is 15.7 Å². The van der Waals surface area contributed by atoms with Crippen molar-refractivity contribution in [3.8, 4) is 5.69 Å². The monoisotopic (exact) mass is 478 g/mol. The number of rotatable bonds is 5. The first-order chi connectivity index (χ1) is 14.6. The predicted molar refractivity (Wildman–Crippen MR) is 128 cm³/mol. The highest BCUT2D eigenvalue weighted by Gasteiger charge is 2.27. The third-order valence-corrected chi connectivity index (χ3v) is 6.42. The highest BCUT2D eigenvalue weighted by atomic mass is 35.5. The summed E-state index contributed by atoms with van der Waals surface area (Å²) < 4.78 is 1.89. The third-order valence-electron chi connectivity index (χ3n) is 5.64. The van der Waals surface area contributed by atoms with Crippen molar-refractivity contribution in [2.75, 3.05) is 13.1 Å². The van der Waals surface area contributed by atoms with Crippen molar-refractivity contribution in [1.29, 1.82) is 0 Å². The molecular weight excluding hydrogens is 455 g/mol. The lowest BCUT2D eigenvalue weighted by Crippen LogP contribution is -2.30. The van der Waals surface area contributed by atoms with Crippen molar-refractivity contribution in [3.05, 3.63) is 81.1 Å². The molecule has 2 heterocycles. The van der Waals surface area contributed by atoms with Crippen LogP contribution >= 0.6 is 35.6 Å². The standard InChI is InChI=1S/C23H24Cl2N4O.ClH/c1-15-19(24)7-4-8-21(15)29-22(16-9-11-26-12-10-16)18(14-28-29)23(30)27-13-17-5-2-3-6-20(17)25;/h2-8,14,16,26H,9-13H2,1H3,(H,27,30);1H. The molecule has 0 radical (unpaired) electrons. The van der Waals surface area contributed by atoms with E-state index < -0.39 is 0 Å². The zero-order chi connectivity index (χ0) is 21.1. The average molecular weight is 480 g/mol. The van der Waals surface area contributed by atoms with E-state index in [0.29, 0.717) is 22.2 Å². The molecule has 0 bridgehead atoms. The summed E-state index contributed by atoms with van der Waals surface area (Å²) in [5.41, 5.74) is 4.28. The Morgan fingerprint density at radius 3 is 2.58 bits per heavy atom. The van der Waals surface area contributed by atoms with Crippen LogP contribution in [0.5, 0.6) is 0 Å². The fourth-order valence-corrected chi connectivity index (χ4v) is 4.32. The van der Waals surface area contributed by atoms with Crippen molar-refractivity contribution in [2.24, 2.45) is 0 Å². The molecule has 2 aromatic carbocycles. The zero-order valence-corrected chi connectivity index (χ0v) is 19.5. The molecule has 0 spiro atoms. The molecule has 0 unspecified atom stereocenters. The topological polar surface area (TPSA) is 59.0 Å². The van der Waals surface area contributed by atoms with E-state index in [1.54, 1.807) is 6.20 Å². The van der Waals surface area contributed by atoms with E-state index in [1.807, 2.05) is 54.1 Å². The van der Waals surface area contributed by atoms with Crippen LogP contribution in [0.15, 0.2) is 48.7 Å². The molecule has 3 aromatic rings. The van der Waals surface area contributed by atoms with Gasteiger partial charge in [0.1, 0.15) is 0 Å². The Morgan fingerprint density at radius 1 is 1.13 bits per heavy atom. The number of halogens is 3. The van der Waals surface area contributed by atoms with Gasteiger partial charge in [-0.2, -0.15) is 5.10 Å². The maximum atomic E-state index is 13.1. The molecule has 1 aliphatic heterocycles. The zero-order valence-electron chi connectivity index (χ0n) is 17.2. The first kappa shape index (κ1) is 23.6. The maximum Gasteiger partial charge on any atom is 0.255 e. The SMILES string of the molecule is Cc1c(Cl)cccc1-n1ncc(C(=O)NCc2ccccc2Cl)c1C1CCNCC1.Cl. The van der Waals surface area contributed by atoms with Crippen LogP contribution < -0.4 is 10.6 Å². The number of benzene rings is 2. The highest BCUT2D eigenvalue weighted by molar-refractivity contribution is 6.31. The summed E-state index contributed by atoms with van der Waals surface area (Å²) in [4.78, 5) is 13.1. The van der Waals surface area contributed by atoms with Gasteiger partial charge in [-0.25, -0.2) is 4.68 Å². The molecule has 1 aromatic heterocycles. The minimum absolute atomic E-state index is 0. The van der Waals surface area contributed by atoms with Crippen molar-refractivity contribution in [3.63, 3.8) is 0 Å². The van der Waals surface area contributed by atoms with Crippen LogP contribution in [-0.4, -0.2) is 28.8 Å². The van der Waals surface area contributed by atoms with Gasteiger partial charge in [0, 0.05) is 22.5 Å². The van der Waals surface area contributed by atoms with Crippen LogP contribution in [0.4, 0.5) is 0 Å². The lowest BCUT2D eigenvalue weighted by molar-refractivity contribution is 0.0949. The Labute approximate surface area is 198 Å². The quantitative estimate of drug-likeness (QED) is 0.521. The van der Waals surface area contributed by atoms with Gasteiger partial charge in [0.25, 0.3) is 5.91 Å². The van der Waals surface area contributed by atoms with Crippen LogP contribution in [0, 0.1) is 6.92 Å². The highest BCUT2D eigenvalue weighted by Crippen LogP contribution is 2.32. The fourth-order valence-electron chi connectivity index (χ4n) is 3.95. The van der Waals surface area contributed by atoms with Crippen molar-refractivity contribution < 1.29 is 4.79 Å². The summed E-state index contributed by atoms with van der Waals surface area (Å²) in [6.45, 7) is 4.18. The average Bonchev–Trinajstić information content (AvgIpc) is 3.20. The van der Waals surface area contributed by atoms with E-state index in [0.717, 1.165) is 48.4 Å². The maximum absolute atomic E-state index is 13.1. The van der Waals surface area contributed by atoms with Crippen molar-refractivity contribution in [1.82, 2.24) is 20.4 Å². The second-order valence-electron chi connectivity index (χ2n) is 7.54. The van der Waals surface area contributed by atoms with Gasteiger partial charge in [0.05, 0.1) is 23.1 Å². The molecule has 5 nitrogen and oxygen atoms in total. The fraction of sp³-hybridized carbons (Fsp3) is 0.304. The van der Waals surface area contributed by atoms with Crippen LogP contribution in [0.1, 0.15) is 45.9 Å². The third kappa shape index (κ3) is 5.07. The molecule has 0 saturated carbocycles. The summed E-state index contributed by atoms with van der Waals surface area (Å²) in [5.74, 6) is 0.0996. The van der Waals surface area contributed by atoms with Crippen LogP contribution in [0.2, 0.25) is 10.0 Å². The van der Waals surface area contributed by atoms with Gasteiger partial charge >= 0.3 is 0 Å². The molecule has 1 fully saturated rings.